The second-order valence-electron chi connectivity index (χ2n) is 9.40. The molecular weight excluding hydrogens is 420 g/mol. The van der Waals surface area contributed by atoms with E-state index < -0.39 is 6.04 Å². The number of nitrogens with one attached hydrogen (secondary N) is 1. The molecule has 0 aromatic heterocycles. The van der Waals surface area contributed by atoms with Crippen molar-refractivity contribution < 1.29 is 9.59 Å². The van der Waals surface area contributed by atoms with Crippen molar-refractivity contribution >= 4 is 11.8 Å². The Balaban J connectivity index is 1.98. The molecule has 4 heteroatoms. The van der Waals surface area contributed by atoms with E-state index in [1.54, 1.807) is 4.90 Å². The molecule has 1 N–H and O–H groups in total. The van der Waals surface area contributed by atoms with Crippen molar-refractivity contribution in [3.05, 3.63) is 107 Å². The number of carbonyl (C=O) groups is 2. The maximum absolute atomic E-state index is 13.8. The summed E-state index contributed by atoms with van der Waals surface area (Å²) >= 11 is 0. The fourth-order valence-electron chi connectivity index (χ4n) is 4.02. The zero-order valence-corrected chi connectivity index (χ0v) is 20.8. The average Bonchev–Trinajstić information content (AvgIpc) is 2.83. The van der Waals surface area contributed by atoms with Crippen molar-refractivity contribution in [3.63, 3.8) is 0 Å². The number of amides is 2. The van der Waals surface area contributed by atoms with Crippen LogP contribution in [-0.4, -0.2) is 29.3 Å². The summed E-state index contributed by atoms with van der Waals surface area (Å²) in [5.74, 6) is 0.177. The Labute approximate surface area is 204 Å². The van der Waals surface area contributed by atoms with Crippen LogP contribution >= 0.6 is 0 Å². The molecule has 0 spiro atoms. The van der Waals surface area contributed by atoms with Crippen LogP contribution in [0.3, 0.4) is 0 Å². The highest BCUT2D eigenvalue weighted by Gasteiger charge is 2.30. The predicted octanol–water partition coefficient (Wildman–Crippen LogP) is 5.26. The first-order valence-electron chi connectivity index (χ1n) is 12.0. The highest BCUT2D eigenvalue weighted by molar-refractivity contribution is 5.89. The Morgan fingerprint density at radius 3 is 1.94 bits per heavy atom. The normalized spacial score (nSPS) is 11.8. The van der Waals surface area contributed by atoms with E-state index in [1.165, 1.54) is 0 Å². The van der Waals surface area contributed by atoms with Gasteiger partial charge in [-0.3, -0.25) is 9.59 Å². The number of hydrogen-bond donors (Lipinski definition) is 1. The largest absolute Gasteiger partial charge is 0.354 e. The fraction of sp³-hybridized carbons (Fsp3) is 0.333. The van der Waals surface area contributed by atoms with E-state index in [-0.39, 0.29) is 18.2 Å². The van der Waals surface area contributed by atoms with E-state index in [0.717, 1.165) is 27.8 Å². The van der Waals surface area contributed by atoms with Gasteiger partial charge in [-0.15, -0.1) is 0 Å². The van der Waals surface area contributed by atoms with Gasteiger partial charge in [0.25, 0.3) is 0 Å². The van der Waals surface area contributed by atoms with Gasteiger partial charge >= 0.3 is 0 Å². The Hall–Kier alpha value is -3.40. The van der Waals surface area contributed by atoms with Crippen molar-refractivity contribution in [2.24, 2.45) is 5.92 Å². The quantitative estimate of drug-likeness (QED) is 0.452. The molecular formula is C30H36N2O2. The maximum Gasteiger partial charge on any atom is 0.243 e. The van der Waals surface area contributed by atoms with Crippen molar-refractivity contribution in [1.82, 2.24) is 10.2 Å². The van der Waals surface area contributed by atoms with Gasteiger partial charge in [0.05, 0.1) is 6.42 Å². The molecule has 3 rings (SSSR count). The van der Waals surface area contributed by atoms with Crippen molar-refractivity contribution in [2.45, 2.75) is 53.1 Å². The molecule has 0 aliphatic rings. The van der Waals surface area contributed by atoms with E-state index >= 15 is 0 Å². The third-order valence-electron chi connectivity index (χ3n) is 6.16. The van der Waals surface area contributed by atoms with Crippen LogP contribution in [0.5, 0.6) is 0 Å². The molecule has 178 valence electrons. The highest BCUT2D eigenvalue weighted by Crippen LogP contribution is 2.19. The summed E-state index contributed by atoms with van der Waals surface area (Å²) in [6.07, 6.45) is 0.734. The molecule has 0 heterocycles. The lowest BCUT2D eigenvalue weighted by Crippen LogP contribution is -2.51. The lowest BCUT2D eigenvalue weighted by atomic mass is 9.99. The van der Waals surface area contributed by atoms with Gasteiger partial charge in [0.1, 0.15) is 6.04 Å². The van der Waals surface area contributed by atoms with Crippen LogP contribution in [0.1, 0.15) is 41.7 Å². The first-order valence-corrected chi connectivity index (χ1v) is 12.0. The smallest absolute Gasteiger partial charge is 0.243 e. The molecule has 3 aromatic carbocycles. The fourth-order valence-corrected chi connectivity index (χ4v) is 4.02. The molecule has 0 bridgehead atoms. The van der Waals surface area contributed by atoms with Crippen LogP contribution in [0, 0.1) is 19.8 Å². The second-order valence-corrected chi connectivity index (χ2v) is 9.40. The Kier molecular flexibility index (Phi) is 9.03. The second kappa shape index (κ2) is 12.2. The van der Waals surface area contributed by atoms with Crippen molar-refractivity contribution in [1.29, 1.82) is 0 Å². The standard InChI is InChI=1S/C30H36N2O2/c1-22(2)20-31-30(34)28(18-25-14-6-5-7-15-25)32(21-27-17-11-9-13-24(27)4)29(33)19-26-16-10-8-12-23(26)3/h5-17,22,28H,18-21H2,1-4H3,(H,31,34)/t28-/m1/s1. The lowest BCUT2D eigenvalue weighted by molar-refractivity contribution is -0.140. The molecule has 0 aliphatic heterocycles. The molecule has 1 atom stereocenters. The monoisotopic (exact) mass is 456 g/mol. The minimum Gasteiger partial charge on any atom is -0.354 e. The molecule has 0 radical (unpaired) electrons. The topological polar surface area (TPSA) is 49.4 Å². The van der Waals surface area contributed by atoms with Gasteiger partial charge < -0.3 is 10.2 Å². The Morgan fingerprint density at radius 2 is 1.35 bits per heavy atom. The van der Waals surface area contributed by atoms with Gasteiger partial charge in [0.15, 0.2) is 0 Å². The molecule has 3 aromatic rings. The molecule has 34 heavy (non-hydrogen) atoms. The number of nitrogens with zero attached hydrogens (tertiary/aromatic N) is 1. The van der Waals surface area contributed by atoms with E-state index in [0.29, 0.717) is 25.4 Å². The molecule has 4 nitrogen and oxygen atoms in total. The van der Waals surface area contributed by atoms with Gasteiger partial charge in [-0.1, -0.05) is 92.7 Å². The summed E-state index contributed by atoms with van der Waals surface area (Å²) in [4.78, 5) is 29.1. The van der Waals surface area contributed by atoms with Crippen LogP contribution in [0.2, 0.25) is 0 Å². The first kappa shape index (κ1) is 25.2. The highest BCUT2D eigenvalue weighted by atomic mass is 16.2. The van der Waals surface area contributed by atoms with Gasteiger partial charge in [0.2, 0.25) is 11.8 Å². The minimum absolute atomic E-state index is 0.0434. The summed E-state index contributed by atoms with van der Waals surface area (Å²) in [5, 5.41) is 3.08. The van der Waals surface area contributed by atoms with Gasteiger partial charge in [0, 0.05) is 19.5 Å². The number of hydrogen-bond acceptors (Lipinski definition) is 2. The number of carbonyl (C=O) groups excluding carboxylic acids is 2. The van der Waals surface area contributed by atoms with Gasteiger partial charge in [-0.25, -0.2) is 0 Å². The van der Waals surface area contributed by atoms with E-state index in [9.17, 15) is 9.59 Å². The van der Waals surface area contributed by atoms with E-state index in [1.807, 2.05) is 92.7 Å². The van der Waals surface area contributed by atoms with Crippen LogP contribution in [0.25, 0.3) is 0 Å². The molecule has 0 fully saturated rings. The lowest BCUT2D eigenvalue weighted by Gasteiger charge is -2.32. The molecule has 2 amide bonds. The predicted molar refractivity (Wildman–Crippen MR) is 138 cm³/mol. The molecule has 0 saturated carbocycles. The van der Waals surface area contributed by atoms with Gasteiger partial charge in [-0.2, -0.15) is 0 Å². The molecule has 0 aliphatic carbocycles. The molecule has 0 saturated heterocycles. The SMILES string of the molecule is Cc1ccccc1CC(=O)N(Cc1ccccc1C)[C@H](Cc1ccccc1)C(=O)NCC(C)C. The molecule has 0 unspecified atom stereocenters. The van der Waals surface area contributed by atoms with E-state index in [4.69, 9.17) is 0 Å². The number of aryl methyl sites for hydroxylation is 2. The van der Waals surface area contributed by atoms with Crippen LogP contribution in [0.4, 0.5) is 0 Å². The number of rotatable bonds is 10. The Morgan fingerprint density at radius 1 is 0.794 bits per heavy atom. The van der Waals surface area contributed by atoms with E-state index in [2.05, 4.69) is 19.2 Å². The van der Waals surface area contributed by atoms with Crippen LogP contribution < -0.4 is 5.32 Å². The van der Waals surface area contributed by atoms with Crippen LogP contribution in [-0.2, 0) is 29.0 Å². The minimum atomic E-state index is -0.600. The van der Waals surface area contributed by atoms with Crippen molar-refractivity contribution in [3.8, 4) is 0 Å². The average molecular weight is 457 g/mol. The summed E-state index contributed by atoms with van der Waals surface area (Å²) in [5.41, 5.74) is 5.26. The van der Waals surface area contributed by atoms with Crippen LogP contribution in [0.15, 0.2) is 78.9 Å². The summed E-state index contributed by atoms with van der Waals surface area (Å²) < 4.78 is 0. The summed E-state index contributed by atoms with van der Waals surface area (Å²) in [7, 11) is 0. The maximum atomic E-state index is 13.8. The zero-order valence-electron chi connectivity index (χ0n) is 20.8. The number of benzene rings is 3. The van der Waals surface area contributed by atoms with Crippen molar-refractivity contribution in [2.75, 3.05) is 6.54 Å². The zero-order chi connectivity index (χ0) is 24.5. The Bertz CT molecular complexity index is 1090. The van der Waals surface area contributed by atoms with Gasteiger partial charge in [-0.05, 0) is 47.6 Å². The summed E-state index contributed by atoms with van der Waals surface area (Å²) in [6, 6.07) is 25.3. The first-order chi connectivity index (χ1) is 16.3. The third kappa shape index (κ3) is 7.05. The third-order valence-corrected chi connectivity index (χ3v) is 6.16. The summed E-state index contributed by atoms with van der Waals surface area (Å²) in [6.45, 7) is 9.18.